The summed E-state index contributed by atoms with van der Waals surface area (Å²) in [6.07, 6.45) is 9.28. The molecule has 1 unspecified atom stereocenters. The van der Waals surface area contributed by atoms with E-state index in [2.05, 4.69) is 34.4 Å². The molecule has 0 aromatic carbocycles. The number of hydrogen-bond acceptors (Lipinski definition) is 6. The third-order valence-electron chi connectivity index (χ3n) is 9.47. The quantitative estimate of drug-likeness (QED) is 0.199. The topological polar surface area (TPSA) is 156 Å². The number of carbonyl (C=O) groups is 3. The lowest BCUT2D eigenvalue weighted by Crippen LogP contribution is -2.27. The van der Waals surface area contributed by atoms with Gasteiger partial charge in [0.1, 0.15) is 6.61 Å². The molecule has 5 rings (SSSR count). The fraction of sp³-hybridized carbons (Fsp3) is 0.441. The van der Waals surface area contributed by atoms with Crippen molar-refractivity contribution in [2.75, 3.05) is 6.61 Å². The second-order valence-corrected chi connectivity index (χ2v) is 12.1. The van der Waals surface area contributed by atoms with Gasteiger partial charge in [0.15, 0.2) is 5.72 Å². The van der Waals surface area contributed by atoms with Crippen LogP contribution >= 0.6 is 0 Å². The molecular formula is C34H42N4O6. The molecule has 0 bridgehead atoms. The first-order valence-electron chi connectivity index (χ1n) is 15.2. The maximum atomic E-state index is 12.4. The van der Waals surface area contributed by atoms with E-state index in [4.69, 9.17) is 4.74 Å². The molecular weight excluding hydrogens is 560 g/mol. The van der Waals surface area contributed by atoms with Crippen LogP contribution in [0.5, 0.6) is 0 Å². The number of ether oxygens (including phenoxy) is 1. The number of H-pyrrole nitrogens is 1. The van der Waals surface area contributed by atoms with Gasteiger partial charge in [-0.1, -0.05) is 26.5 Å². The smallest absolute Gasteiger partial charge is 0.303 e. The van der Waals surface area contributed by atoms with Gasteiger partial charge in [-0.2, -0.15) is 0 Å². The van der Waals surface area contributed by atoms with Crippen LogP contribution in [0.15, 0.2) is 58.1 Å². The highest BCUT2D eigenvalue weighted by atomic mass is 16.6. The molecule has 1 aromatic rings. The van der Waals surface area contributed by atoms with Crippen molar-refractivity contribution in [1.29, 1.82) is 0 Å². The van der Waals surface area contributed by atoms with Crippen LogP contribution < -0.4 is 16.0 Å². The maximum absolute atomic E-state index is 12.4. The minimum absolute atomic E-state index is 0.0115. The van der Waals surface area contributed by atoms with Gasteiger partial charge in [-0.25, -0.2) is 0 Å². The molecule has 234 valence electrons. The van der Waals surface area contributed by atoms with Gasteiger partial charge in [-0.05, 0) is 86.1 Å². The molecule has 0 saturated carbocycles. The zero-order valence-electron chi connectivity index (χ0n) is 26.0. The minimum Gasteiger partial charge on any atom is -0.481 e. The number of allylic oxidation sites excluding steroid dienone is 3. The van der Waals surface area contributed by atoms with E-state index in [1.807, 2.05) is 52.0 Å². The van der Waals surface area contributed by atoms with E-state index in [1.165, 1.54) is 0 Å². The third kappa shape index (κ3) is 5.78. The van der Waals surface area contributed by atoms with Crippen molar-refractivity contribution >= 4 is 30.0 Å². The fourth-order valence-corrected chi connectivity index (χ4v) is 6.72. The molecule has 5 heterocycles. The molecule has 6 N–H and O–H groups in total. The van der Waals surface area contributed by atoms with Crippen LogP contribution in [0.3, 0.4) is 0 Å². The number of carbonyl (C=O) groups excluding carboxylic acids is 1. The molecule has 1 amide bonds. The molecule has 4 aliphatic heterocycles. The van der Waals surface area contributed by atoms with Gasteiger partial charge in [-0.15, -0.1) is 0 Å². The van der Waals surface area contributed by atoms with Crippen molar-refractivity contribution in [3.8, 4) is 0 Å². The number of rotatable bonds is 11. The lowest BCUT2D eigenvalue weighted by Gasteiger charge is -2.15. The molecule has 4 aliphatic rings. The number of aromatic amines is 1. The van der Waals surface area contributed by atoms with Gasteiger partial charge < -0.3 is 35.9 Å². The monoisotopic (exact) mass is 602 g/mol. The van der Waals surface area contributed by atoms with Crippen LogP contribution in [0.4, 0.5) is 0 Å². The van der Waals surface area contributed by atoms with Crippen molar-refractivity contribution < 1.29 is 29.3 Å². The highest BCUT2D eigenvalue weighted by Gasteiger charge is 2.52. The van der Waals surface area contributed by atoms with Crippen molar-refractivity contribution in [3.05, 3.63) is 80.6 Å². The Kier molecular flexibility index (Phi) is 8.49. The molecule has 4 atom stereocenters. The highest BCUT2D eigenvalue weighted by molar-refractivity contribution is 5.84. The largest absolute Gasteiger partial charge is 0.481 e. The number of aliphatic carboxylic acids is 2. The SMILES string of the molecule is C=CC1=C(C)/C(=C\c2[nH]c(/C=C3\NC(/C=C4\NC(=O)[C@H](C)[C@H]4CC)C(C)=C3CCC(=O)O)c(CCC(=O)O)c2C)N[C@]12CO2. The Morgan fingerprint density at radius 1 is 1.07 bits per heavy atom. The van der Waals surface area contributed by atoms with Gasteiger partial charge in [0.2, 0.25) is 5.91 Å². The zero-order chi connectivity index (χ0) is 31.9. The van der Waals surface area contributed by atoms with Crippen LogP contribution in [0, 0.1) is 18.8 Å². The molecule has 10 heteroatoms. The molecule has 2 fully saturated rings. The minimum atomic E-state index is -0.884. The fourth-order valence-electron chi connectivity index (χ4n) is 6.72. The zero-order valence-corrected chi connectivity index (χ0v) is 26.0. The van der Waals surface area contributed by atoms with Crippen molar-refractivity contribution in [1.82, 2.24) is 20.9 Å². The summed E-state index contributed by atoms with van der Waals surface area (Å²) >= 11 is 0. The van der Waals surface area contributed by atoms with Crippen LogP contribution in [0.25, 0.3) is 12.2 Å². The Labute approximate surface area is 257 Å². The average Bonchev–Trinajstić information content (AvgIpc) is 3.38. The number of nitrogens with one attached hydrogen (secondary N) is 4. The summed E-state index contributed by atoms with van der Waals surface area (Å²) < 4.78 is 5.71. The Balaban J connectivity index is 1.55. The summed E-state index contributed by atoms with van der Waals surface area (Å²) in [4.78, 5) is 39.1. The first-order valence-corrected chi connectivity index (χ1v) is 15.2. The number of hydrogen-bond donors (Lipinski definition) is 6. The van der Waals surface area contributed by atoms with E-state index in [0.29, 0.717) is 19.4 Å². The van der Waals surface area contributed by atoms with E-state index in [-0.39, 0.29) is 36.6 Å². The van der Waals surface area contributed by atoms with Crippen molar-refractivity contribution in [3.63, 3.8) is 0 Å². The van der Waals surface area contributed by atoms with Crippen LogP contribution in [0.2, 0.25) is 0 Å². The van der Waals surface area contributed by atoms with Crippen LogP contribution in [-0.4, -0.2) is 51.4 Å². The molecule has 44 heavy (non-hydrogen) atoms. The first-order chi connectivity index (χ1) is 20.9. The first kappa shape index (κ1) is 31.1. The molecule has 0 aliphatic carbocycles. The number of aromatic nitrogens is 1. The predicted molar refractivity (Wildman–Crippen MR) is 168 cm³/mol. The summed E-state index contributed by atoms with van der Waals surface area (Å²) in [5.41, 5.74) is 9.45. The maximum Gasteiger partial charge on any atom is 0.303 e. The lowest BCUT2D eigenvalue weighted by atomic mass is 9.91. The van der Waals surface area contributed by atoms with Crippen LogP contribution in [-0.2, 0) is 25.5 Å². The molecule has 0 radical (unpaired) electrons. The van der Waals surface area contributed by atoms with Gasteiger partial charge in [-0.3, -0.25) is 14.4 Å². The highest BCUT2D eigenvalue weighted by Crippen LogP contribution is 2.43. The molecule has 2 saturated heterocycles. The summed E-state index contributed by atoms with van der Waals surface area (Å²) in [6.45, 7) is 14.5. The van der Waals surface area contributed by atoms with Crippen molar-refractivity contribution in [2.24, 2.45) is 11.8 Å². The van der Waals surface area contributed by atoms with E-state index < -0.39 is 17.7 Å². The van der Waals surface area contributed by atoms with E-state index >= 15 is 0 Å². The summed E-state index contributed by atoms with van der Waals surface area (Å²) in [6, 6.07) is -0.220. The van der Waals surface area contributed by atoms with E-state index in [1.54, 1.807) is 0 Å². The lowest BCUT2D eigenvalue weighted by molar-refractivity contribution is -0.138. The summed E-state index contributed by atoms with van der Waals surface area (Å²) in [5, 5.41) is 29.0. The number of epoxide rings is 1. The Bertz CT molecular complexity index is 1580. The average molecular weight is 603 g/mol. The second-order valence-electron chi connectivity index (χ2n) is 12.1. The Morgan fingerprint density at radius 2 is 1.73 bits per heavy atom. The van der Waals surface area contributed by atoms with E-state index in [9.17, 15) is 24.6 Å². The number of carboxylic acids is 2. The van der Waals surface area contributed by atoms with Crippen LogP contribution in [0.1, 0.15) is 75.9 Å². The van der Waals surface area contributed by atoms with Gasteiger partial charge >= 0.3 is 11.9 Å². The second kappa shape index (κ2) is 12.0. The summed E-state index contributed by atoms with van der Waals surface area (Å²) in [5.74, 6) is -1.77. The third-order valence-corrected chi connectivity index (χ3v) is 9.47. The number of carboxylic acid groups (broad SMARTS) is 2. The molecule has 10 nitrogen and oxygen atoms in total. The molecule has 1 spiro atoms. The van der Waals surface area contributed by atoms with Gasteiger partial charge in [0.05, 0.1) is 6.04 Å². The van der Waals surface area contributed by atoms with Gasteiger partial charge in [0, 0.05) is 58.7 Å². The van der Waals surface area contributed by atoms with Gasteiger partial charge in [0.25, 0.3) is 0 Å². The normalized spacial score (nSPS) is 28.8. The standard InChI is InChI=1S/C34H42N4O6/c1-7-21-19(5)33(43)37-28(21)14-26-18(4)23(10-12-32(41)42)30(36-26)15-29-22(9-11-31(39)40)17(3)25(35-29)13-27-20(6)24(8-2)34(38-27)16-44-34/h8,13-15,19,21,26,35-36,38H,2,7,9-12,16H2,1,3-6H3,(H,37,43)(H,39,40)(H,41,42)/b27-13+,28-14-,30-15-/t19-,21-,26?,34+/m1/s1. The predicted octanol–water partition coefficient (Wildman–Crippen LogP) is 4.68. The number of amides is 1. The summed E-state index contributed by atoms with van der Waals surface area (Å²) in [7, 11) is 0. The Morgan fingerprint density at radius 3 is 2.32 bits per heavy atom. The molecule has 1 aromatic heterocycles. The van der Waals surface area contributed by atoms with Crippen molar-refractivity contribution in [2.45, 2.75) is 78.5 Å². The van der Waals surface area contributed by atoms with E-state index in [0.717, 1.165) is 68.3 Å². The Hall–Kier alpha value is -4.31.